The Labute approximate surface area is 169 Å². The number of hydrogen-bond donors (Lipinski definition) is 0. The van der Waals surface area contributed by atoms with Crippen molar-refractivity contribution < 1.29 is 56.9 Å². The molecule has 24 heteroatoms. The van der Waals surface area contributed by atoms with E-state index in [0.717, 1.165) is 0 Å². The molecule has 0 aliphatic rings. The van der Waals surface area contributed by atoms with Gasteiger partial charge >= 0.3 is 24.0 Å². The normalized spacial score (nSPS) is 13.4. The Morgan fingerprint density at radius 2 is 0.938 bits per heavy atom. The molecule has 0 aromatic heterocycles. The van der Waals surface area contributed by atoms with E-state index in [0.29, 0.717) is 0 Å². The Bertz CT molecular complexity index is 724. The predicted octanol–water partition coefficient (Wildman–Crippen LogP) is -0.762. The Morgan fingerprint density at radius 3 is 1.09 bits per heavy atom. The van der Waals surface area contributed by atoms with Gasteiger partial charge < -0.3 is 0 Å². The zero-order valence-corrected chi connectivity index (χ0v) is 15.0. The highest BCUT2D eigenvalue weighted by molar-refractivity contribution is 4.65. The maximum absolute atomic E-state index is 13.7. The number of alkyl halides is 3. The monoisotopic (exact) mass is 486 g/mol. The van der Waals surface area contributed by atoms with Crippen LogP contribution in [0.4, 0.5) is 13.2 Å². The van der Waals surface area contributed by atoms with Crippen LogP contribution in [-0.4, -0.2) is 73.1 Å². The highest BCUT2D eigenvalue weighted by atomic mass is 19.1. The number of rotatable bonds is 15. The van der Waals surface area contributed by atoms with Crippen LogP contribution in [0.2, 0.25) is 0 Å². The molecule has 0 rings (SSSR count). The van der Waals surface area contributed by atoms with Gasteiger partial charge in [0, 0.05) is 0 Å². The van der Waals surface area contributed by atoms with E-state index in [2.05, 4.69) is 14.2 Å². The molecular weight excluding hydrogens is 477 g/mol. The van der Waals surface area contributed by atoms with Gasteiger partial charge in [-0.05, 0) is 6.92 Å². The van der Waals surface area contributed by atoms with Gasteiger partial charge in [-0.1, -0.05) is 0 Å². The fourth-order valence-corrected chi connectivity index (χ4v) is 1.62. The Balaban J connectivity index is 6.91. The van der Waals surface area contributed by atoms with Crippen molar-refractivity contribution in [3.63, 3.8) is 0 Å². The second kappa shape index (κ2) is 9.92. The molecule has 0 aromatic rings. The molecule has 1 atom stereocenters. The average Bonchev–Trinajstić information content (AvgIpc) is 2.65. The van der Waals surface area contributed by atoms with Gasteiger partial charge in [-0.15, -0.1) is 0 Å². The Hall–Kier alpha value is -3.93. The summed E-state index contributed by atoms with van der Waals surface area (Å²) in [6, 6.07) is 0. The highest BCUT2D eigenvalue weighted by Gasteiger charge is 2.72. The van der Waals surface area contributed by atoms with E-state index in [4.69, 9.17) is 0 Å². The van der Waals surface area contributed by atoms with E-state index in [1.165, 1.54) is 0 Å². The molecule has 0 aromatic carbocycles. The molecule has 0 saturated carbocycles. The van der Waals surface area contributed by atoms with Crippen LogP contribution < -0.4 is 0 Å². The third-order valence-corrected chi connectivity index (χ3v) is 3.37. The van der Waals surface area contributed by atoms with E-state index in [9.17, 15) is 73.9 Å². The molecule has 0 fully saturated rings. The van der Waals surface area contributed by atoms with Crippen LogP contribution in [0, 0.1) is 60.7 Å². The van der Waals surface area contributed by atoms with Crippen LogP contribution in [0.1, 0.15) is 6.92 Å². The van der Waals surface area contributed by atoms with E-state index in [1.54, 1.807) is 0 Å². The van der Waals surface area contributed by atoms with Crippen LogP contribution in [0.25, 0.3) is 0 Å². The van der Waals surface area contributed by atoms with Gasteiger partial charge in [-0.25, -0.2) is 13.2 Å². The Kier molecular flexibility index (Phi) is 8.70. The third-order valence-electron chi connectivity index (χ3n) is 3.37. The molecule has 0 spiro atoms. The average molecular weight is 486 g/mol. The third kappa shape index (κ3) is 4.70. The van der Waals surface area contributed by atoms with Gasteiger partial charge in [0.05, 0.1) is 0 Å². The number of halogens is 3. The zero-order chi connectivity index (χ0) is 25.7. The maximum Gasteiger partial charge on any atom is 0.613 e. The topological polar surface area (TPSA) is 287 Å². The molecule has 0 aliphatic heterocycles. The largest absolute Gasteiger partial charge is 0.613 e. The van der Waals surface area contributed by atoms with Crippen molar-refractivity contribution in [3.05, 3.63) is 60.7 Å². The maximum atomic E-state index is 13.7. The Morgan fingerprint density at radius 1 is 0.656 bits per heavy atom. The summed E-state index contributed by atoms with van der Waals surface area (Å²) < 4.78 is 51.1. The van der Waals surface area contributed by atoms with E-state index < -0.39 is 73.1 Å². The fourth-order valence-electron chi connectivity index (χ4n) is 1.62. The smallest absolute Gasteiger partial charge is 0.256 e. The van der Waals surface area contributed by atoms with E-state index in [-0.39, 0.29) is 6.92 Å². The van der Waals surface area contributed by atoms with Crippen molar-refractivity contribution in [2.24, 2.45) is 0 Å². The number of hydrogen-bond acceptors (Lipinski definition) is 15. The van der Waals surface area contributed by atoms with Gasteiger partial charge in [0.25, 0.3) is 19.5 Å². The summed E-state index contributed by atoms with van der Waals surface area (Å²) in [5, 5.41) is 65.7. The van der Waals surface area contributed by atoms with Gasteiger partial charge in [-0.2, -0.15) is 14.2 Å². The van der Waals surface area contributed by atoms with Crippen LogP contribution in [0.15, 0.2) is 0 Å². The first-order valence-electron chi connectivity index (χ1n) is 7.18. The van der Waals surface area contributed by atoms with Crippen molar-refractivity contribution in [2.75, 3.05) is 13.3 Å². The van der Waals surface area contributed by atoms with Crippen LogP contribution >= 0.6 is 0 Å². The second-order valence-electron chi connectivity index (χ2n) is 5.21. The van der Waals surface area contributed by atoms with E-state index >= 15 is 0 Å². The first kappa shape index (κ1) is 28.1. The molecule has 21 nitrogen and oxygen atoms in total. The van der Waals surface area contributed by atoms with Crippen molar-refractivity contribution in [1.82, 2.24) is 0 Å². The number of nitro groups is 6. The highest BCUT2D eigenvalue weighted by Crippen LogP contribution is 2.30. The lowest BCUT2D eigenvalue weighted by Crippen LogP contribution is -2.63. The second-order valence-corrected chi connectivity index (χ2v) is 5.21. The molecule has 0 bridgehead atoms. The first-order valence-corrected chi connectivity index (χ1v) is 7.18. The van der Waals surface area contributed by atoms with Crippen LogP contribution in [0.3, 0.4) is 0 Å². The predicted molar refractivity (Wildman–Crippen MR) is 79.7 cm³/mol. The van der Waals surface area contributed by atoms with Crippen molar-refractivity contribution in [2.45, 2.75) is 37.1 Å². The molecule has 182 valence electrons. The van der Waals surface area contributed by atoms with Crippen LogP contribution in [0.5, 0.6) is 0 Å². The lowest BCUT2D eigenvalue weighted by molar-refractivity contribution is -0.904. The SMILES string of the molecule is CC(F)C(OC(OC(CF)([N+](=O)[O-])[N+](=O)[O-])OC(CF)([N+](=O)[O-])[N+](=O)[O-])([N+](=O)[O-])[N+](=O)[O-]. The summed E-state index contributed by atoms with van der Waals surface area (Å²) in [4.78, 5) is 52.3. The summed E-state index contributed by atoms with van der Waals surface area (Å²) in [5.74, 6) is -14.0. The zero-order valence-electron chi connectivity index (χ0n) is 15.0. The minimum Gasteiger partial charge on any atom is -0.256 e. The fraction of sp³-hybridized carbons (Fsp3) is 1.00. The molecule has 0 saturated heterocycles. The molecule has 0 radical (unpaired) electrons. The molecule has 32 heavy (non-hydrogen) atoms. The van der Waals surface area contributed by atoms with Gasteiger partial charge in [-0.3, -0.25) is 60.7 Å². The van der Waals surface area contributed by atoms with Gasteiger partial charge in [0.15, 0.2) is 0 Å². The molecular formula is C8H9F3N6O15. The van der Waals surface area contributed by atoms with Crippen molar-refractivity contribution in [1.29, 1.82) is 0 Å². The standard InChI is InChI=1S/C8H9F3N6O15/c1-4(11)8(16(26)27,17(28)29)32-5(30-6(2-9,12(18)19)13(20)21)31-7(3-10,14(22)23)15(24)25/h4-5H,2-3H2,1H3. The number of ether oxygens (including phenoxy) is 3. The van der Waals surface area contributed by atoms with Crippen molar-refractivity contribution >= 4 is 0 Å². The molecule has 0 amide bonds. The minimum absolute atomic E-state index is 0.0372. The lowest BCUT2D eigenvalue weighted by atomic mass is 10.3. The van der Waals surface area contributed by atoms with E-state index in [1.807, 2.05) is 0 Å². The quantitative estimate of drug-likeness (QED) is 0.156. The summed E-state index contributed by atoms with van der Waals surface area (Å²) in [6.45, 7) is -9.73. The lowest BCUT2D eigenvalue weighted by Gasteiger charge is -2.26. The number of nitrogens with zero attached hydrogens (tertiary/aromatic N) is 6. The molecule has 1 unspecified atom stereocenters. The molecule has 0 heterocycles. The first-order chi connectivity index (χ1) is 14.5. The summed E-state index contributed by atoms with van der Waals surface area (Å²) in [5.41, 5.74) is 0. The minimum atomic E-state index is -4.70. The summed E-state index contributed by atoms with van der Waals surface area (Å²) >= 11 is 0. The summed E-state index contributed by atoms with van der Waals surface area (Å²) in [6.07, 6.45) is -3.43. The molecule has 0 N–H and O–H groups in total. The van der Waals surface area contributed by atoms with Gasteiger partial charge in [0.2, 0.25) is 0 Å². The summed E-state index contributed by atoms with van der Waals surface area (Å²) in [7, 11) is 0. The van der Waals surface area contributed by atoms with Gasteiger partial charge in [0.1, 0.15) is 29.5 Å². The van der Waals surface area contributed by atoms with Crippen LogP contribution in [-0.2, 0) is 14.2 Å². The molecule has 0 aliphatic carbocycles. The van der Waals surface area contributed by atoms with Crippen molar-refractivity contribution in [3.8, 4) is 0 Å².